The van der Waals surface area contributed by atoms with Gasteiger partial charge in [-0.2, -0.15) is 0 Å². The lowest BCUT2D eigenvalue weighted by atomic mass is 10.2. The van der Waals surface area contributed by atoms with Gasteiger partial charge in [0, 0.05) is 6.04 Å². The molecular weight excluding hydrogens is 461 g/mol. The zero-order valence-electron chi connectivity index (χ0n) is 14.5. The number of hydrogen-bond acceptors (Lipinski definition) is 9. The predicted molar refractivity (Wildman–Crippen MR) is 101 cm³/mol. The van der Waals surface area contributed by atoms with Gasteiger partial charge in [0.05, 0.1) is 21.7 Å². The van der Waals surface area contributed by atoms with Crippen LogP contribution in [0.1, 0.15) is 12.1 Å². The quantitative estimate of drug-likeness (QED) is 0.288. The normalized spacial score (nSPS) is 18.7. The second kappa shape index (κ2) is 8.22. The summed E-state index contributed by atoms with van der Waals surface area (Å²) in [6.07, 6.45) is 0.837. The van der Waals surface area contributed by atoms with Crippen LogP contribution in [0.15, 0.2) is 32.5 Å². The lowest BCUT2D eigenvalue weighted by Crippen LogP contribution is -2.32. The Labute approximate surface area is 167 Å². The predicted octanol–water partition coefficient (Wildman–Crippen LogP) is 1.54. The van der Waals surface area contributed by atoms with E-state index in [9.17, 15) is 17.6 Å². The first-order valence-electron chi connectivity index (χ1n) is 7.95. The molecular formula is C15H15BrFN5O5S. The third-order valence-corrected chi connectivity index (χ3v) is 6.34. The number of hydrogen-bond donors (Lipinski definition) is 1. The summed E-state index contributed by atoms with van der Waals surface area (Å²) in [5, 5.41) is 14.2. The van der Waals surface area contributed by atoms with Crippen molar-refractivity contribution in [3.8, 4) is 0 Å². The van der Waals surface area contributed by atoms with Gasteiger partial charge in [0.1, 0.15) is 12.9 Å². The highest BCUT2D eigenvalue weighted by Crippen LogP contribution is 2.26. The topological polar surface area (TPSA) is 127 Å². The molecule has 1 atom stereocenters. The molecule has 2 heterocycles. The number of halogens is 2. The van der Waals surface area contributed by atoms with E-state index in [-0.39, 0.29) is 45.1 Å². The summed E-state index contributed by atoms with van der Waals surface area (Å²) in [5.41, 5.74) is 0.301. The molecule has 0 aliphatic carbocycles. The highest BCUT2D eigenvalue weighted by molar-refractivity contribution is 9.10. The fraction of sp³-hybridized carbons (Fsp3) is 0.333. The Balaban J connectivity index is 1.94. The van der Waals surface area contributed by atoms with E-state index in [2.05, 4.69) is 36.7 Å². The van der Waals surface area contributed by atoms with Crippen molar-refractivity contribution in [3.63, 3.8) is 0 Å². The molecule has 1 N–H and O–H groups in total. The van der Waals surface area contributed by atoms with E-state index >= 15 is 0 Å². The molecule has 0 spiro atoms. The van der Waals surface area contributed by atoms with Crippen LogP contribution < -0.4 is 10.2 Å². The highest BCUT2D eigenvalue weighted by Gasteiger charge is 2.31. The number of aromatic nitrogens is 2. The Hall–Kier alpha value is -2.54. The maximum atomic E-state index is 13.5. The van der Waals surface area contributed by atoms with Crippen molar-refractivity contribution < 1.29 is 27.1 Å². The molecule has 28 heavy (non-hydrogen) atoms. The summed E-state index contributed by atoms with van der Waals surface area (Å²) < 4.78 is 41.7. The van der Waals surface area contributed by atoms with Crippen LogP contribution in [0.2, 0.25) is 0 Å². The molecule has 150 valence electrons. The first kappa shape index (κ1) is 20.2. The lowest BCUT2D eigenvalue weighted by Gasteiger charge is -2.18. The zero-order chi connectivity index (χ0) is 20.3. The number of benzene rings is 1. The smallest absolute Gasteiger partial charge is 0.220 e. The van der Waals surface area contributed by atoms with Crippen LogP contribution in [0.3, 0.4) is 0 Å². The number of nitrogens with zero attached hydrogens (tertiary/aromatic N) is 4. The molecule has 0 bridgehead atoms. The molecule has 1 aromatic carbocycles. The minimum absolute atomic E-state index is 0.0266. The Morgan fingerprint density at radius 3 is 2.89 bits per heavy atom. The van der Waals surface area contributed by atoms with Gasteiger partial charge in [0.15, 0.2) is 15.5 Å². The standard InChI is InChI=1S/C15H15BrFN5O5S/c1-26-21-15(22(8-23)10-2-3-12(17)11(16)6-10)13-14(20-27-19-13)18-9-4-5-28(24,25)7-9/h2-3,6,8-9H,4-5,7H2,1H3,(H,18,20)/b21-15-. The Bertz CT molecular complexity index is 1010. The summed E-state index contributed by atoms with van der Waals surface area (Å²) in [6, 6.07) is 3.52. The molecule has 1 unspecified atom stereocenters. The average molecular weight is 476 g/mol. The number of amidine groups is 1. The number of anilines is 2. The van der Waals surface area contributed by atoms with E-state index < -0.39 is 15.7 Å². The van der Waals surface area contributed by atoms with Crippen molar-refractivity contribution in [3.05, 3.63) is 34.2 Å². The van der Waals surface area contributed by atoms with Crippen molar-refractivity contribution in [2.75, 3.05) is 28.8 Å². The largest absolute Gasteiger partial charge is 0.397 e. The van der Waals surface area contributed by atoms with E-state index in [0.29, 0.717) is 12.8 Å². The summed E-state index contributed by atoms with van der Waals surface area (Å²) in [4.78, 5) is 17.6. The first-order chi connectivity index (χ1) is 13.3. The zero-order valence-corrected chi connectivity index (χ0v) is 16.9. The van der Waals surface area contributed by atoms with Crippen LogP contribution in [0, 0.1) is 5.82 Å². The maximum Gasteiger partial charge on any atom is 0.220 e. The molecule has 10 nitrogen and oxygen atoms in total. The van der Waals surface area contributed by atoms with Crippen LogP contribution in [0.5, 0.6) is 0 Å². The number of rotatable bonds is 6. The molecule has 1 amide bonds. The second-order valence-electron chi connectivity index (χ2n) is 5.88. The Morgan fingerprint density at radius 2 is 2.29 bits per heavy atom. The van der Waals surface area contributed by atoms with Gasteiger partial charge >= 0.3 is 0 Å². The van der Waals surface area contributed by atoms with Crippen molar-refractivity contribution >= 4 is 49.5 Å². The Kier molecular flexibility index (Phi) is 5.93. The minimum atomic E-state index is -3.12. The first-order valence-corrected chi connectivity index (χ1v) is 10.6. The molecule has 1 fully saturated rings. The molecule has 0 radical (unpaired) electrons. The van der Waals surface area contributed by atoms with E-state index in [4.69, 9.17) is 9.47 Å². The van der Waals surface area contributed by atoms with Gasteiger partial charge in [-0.15, -0.1) is 0 Å². The molecule has 3 rings (SSSR count). The number of amides is 1. The second-order valence-corrected chi connectivity index (χ2v) is 8.96. The van der Waals surface area contributed by atoms with Gasteiger partial charge < -0.3 is 10.2 Å². The minimum Gasteiger partial charge on any atom is -0.397 e. The van der Waals surface area contributed by atoms with Gasteiger partial charge in [-0.05, 0) is 50.9 Å². The van der Waals surface area contributed by atoms with E-state index in [1.165, 1.54) is 25.3 Å². The number of carbonyl (C=O) groups excluding carboxylic acids is 1. The van der Waals surface area contributed by atoms with Gasteiger partial charge in [-0.3, -0.25) is 9.69 Å². The molecule has 1 saturated heterocycles. The van der Waals surface area contributed by atoms with Crippen LogP contribution in [-0.2, 0) is 19.5 Å². The van der Waals surface area contributed by atoms with Gasteiger partial charge in [-0.25, -0.2) is 17.4 Å². The van der Waals surface area contributed by atoms with Gasteiger partial charge in [-0.1, -0.05) is 5.16 Å². The van der Waals surface area contributed by atoms with E-state index in [1.807, 2.05) is 0 Å². The third-order valence-electron chi connectivity index (χ3n) is 3.97. The van der Waals surface area contributed by atoms with Crippen LogP contribution >= 0.6 is 15.9 Å². The van der Waals surface area contributed by atoms with Crippen molar-refractivity contribution in [2.45, 2.75) is 12.5 Å². The SMILES string of the molecule is CO/N=C(/c1nonc1NC1CCS(=O)(=O)C1)N(C=O)c1ccc(F)c(Br)c1. The lowest BCUT2D eigenvalue weighted by molar-refractivity contribution is -0.106. The fourth-order valence-electron chi connectivity index (χ4n) is 2.69. The number of oxime groups is 1. The Morgan fingerprint density at radius 1 is 1.50 bits per heavy atom. The molecule has 1 aromatic heterocycles. The van der Waals surface area contributed by atoms with E-state index in [1.54, 1.807) is 0 Å². The summed E-state index contributed by atoms with van der Waals surface area (Å²) >= 11 is 3.06. The maximum absolute atomic E-state index is 13.5. The van der Waals surface area contributed by atoms with Crippen molar-refractivity contribution in [1.29, 1.82) is 0 Å². The van der Waals surface area contributed by atoms with Crippen molar-refractivity contribution in [2.24, 2.45) is 5.16 Å². The average Bonchev–Trinajstić information content (AvgIpc) is 3.24. The van der Waals surface area contributed by atoms with E-state index in [0.717, 1.165) is 4.90 Å². The van der Waals surface area contributed by atoms with Crippen LogP contribution in [0.4, 0.5) is 15.9 Å². The highest BCUT2D eigenvalue weighted by atomic mass is 79.9. The molecule has 0 saturated carbocycles. The summed E-state index contributed by atoms with van der Waals surface area (Å²) in [5.74, 6) is -0.480. The fourth-order valence-corrected chi connectivity index (χ4v) is 4.73. The summed E-state index contributed by atoms with van der Waals surface area (Å²) in [7, 11) is -1.85. The van der Waals surface area contributed by atoms with Crippen LogP contribution in [-0.4, -0.2) is 55.6 Å². The molecule has 13 heteroatoms. The molecule has 1 aliphatic rings. The van der Waals surface area contributed by atoms with Crippen molar-refractivity contribution in [1.82, 2.24) is 10.3 Å². The number of carbonyl (C=O) groups is 1. The number of sulfone groups is 1. The molecule has 2 aromatic rings. The third kappa shape index (κ3) is 4.30. The van der Waals surface area contributed by atoms with Gasteiger partial charge in [0.2, 0.25) is 18.1 Å². The van der Waals surface area contributed by atoms with Crippen LogP contribution in [0.25, 0.3) is 0 Å². The summed E-state index contributed by atoms with van der Waals surface area (Å²) in [6.45, 7) is 0. The van der Waals surface area contributed by atoms with Gasteiger partial charge in [0.25, 0.3) is 0 Å². The number of nitrogens with one attached hydrogen (secondary N) is 1. The molecule has 1 aliphatic heterocycles. The monoisotopic (exact) mass is 475 g/mol.